The summed E-state index contributed by atoms with van der Waals surface area (Å²) in [5.74, 6) is 2.22. The van der Waals surface area contributed by atoms with E-state index in [4.69, 9.17) is 16.1 Å². The number of pyridine rings is 1. The number of aryl methyl sites for hydroxylation is 1. The molecule has 150 valence electrons. The number of rotatable bonds is 4. The molecule has 0 bridgehead atoms. The molecule has 30 heavy (non-hydrogen) atoms. The van der Waals surface area contributed by atoms with Gasteiger partial charge in [0.15, 0.2) is 17.0 Å². The molecule has 4 aromatic heterocycles. The lowest BCUT2D eigenvalue weighted by Crippen LogP contribution is -2.22. The lowest BCUT2D eigenvalue weighted by atomic mass is 10.1. The lowest BCUT2D eigenvalue weighted by Gasteiger charge is -2.04. The Labute approximate surface area is 175 Å². The van der Waals surface area contributed by atoms with Gasteiger partial charge in [0.1, 0.15) is 12.9 Å². The van der Waals surface area contributed by atoms with Crippen LogP contribution in [0.3, 0.4) is 0 Å². The molecule has 4 heterocycles. The fraction of sp³-hybridized carbons (Fsp3) is 0.300. The molecule has 9 nitrogen and oxygen atoms in total. The van der Waals surface area contributed by atoms with Crippen LogP contribution in [0, 0.1) is 11.8 Å². The molecule has 0 spiro atoms. The van der Waals surface area contributed by atoms with Crippen LogP contribution in [-0.4, -0.2) is 34.2 Å². The Bertz CT molecular complexity index is 1370. The van der Waals surface area contributed by atoms with E-state index in [1.807, 2.05) is 12.1 Å². The van der Waals surface area contributed by atoms with Gasteiger partial charge >= 0.3 is 0 Å². The first-order chi connectivity index (χ1) is 14.6. The van der Waals surface area contributed by atoms with Gasteiger partial charge in [0.05, 0.1) is 17.0 Å². The summed E-state index contributed by atoms with van der Waals surface area (Å²) in [4.78, 5) is 29.9. The first kappa shape index (κ1) is 17.5. The number of allylic oxidation sites excluding steroid dienone is 2. The quantitative estimate of drug-likeness (QED) is 0.498. The van der Waals surface area contributed by atoms with Crippen molar-refractivity contribution in [2.45, 2.75) is 18.9 Å². The first-order valence-electron chi connectivity index (χ1n) is 9.60. The number of hydrogen-bond donors (Lipinski definition) is 0. The van der Waals surface area contributed by atoms with Crippen molar-refractivity contribution in [3.8, 4) is 0 Å². The highest BCUT2D eigenvalue weighted by atomic mass is 35.5. The minimum absolute atomic E-state index is 0.178. The number of hydrogen-bond acceptors (Lipinski definition) is 7. The highest BCUT2D eigenvalue weighted by Crippen LogP contribution is 2.62. The fourth-order valence-corrected chi connectivity index (χ4v) is 4.47. The number of imidazole rings is 1. The summed E-state index contributed by atoms with van der Waals surface area (Å²) >= 11 is 5.92. The zero-order valence-electron chi connectivity index (χ0n) is 15.9. The van der Waals surface area contributed by atoms with Crippen LogP contribution in [0.4, 0.5) is 0 Å². The van der Waals surface area contributed by atoms with E-state index in [1.165, 1.54) is 16.5 Å². The fourth-order valence-electron chi connectivity index (χ4n) is 4.36. The molecule has 10 heteroatoms. The van der Waals surface area contributed by atoms with Gasteiger partial charge in [0, 0.05) is 19.2 Å². The van der Waals surface area contributed by atoms with Crippen LogP contribution in [0.1, 0.15) is 29.7 Å². The van der Waals surface area contributed by atoms with Crippen LogP contribution in [0.15, 0.2) is 46.4 Å². The summed E-state index contributed by atoms with van der Waals surface area (Å²) in [7, 11) is 1.76. The van der Waals surface area contributed by atoms with E-state index in [0.29, 0.717) is 39.7 Å². The van der Waals surface area contributed by atoms with E-state index in [-0.39, 0.29) is 18.0 Å². The molecule has 0 aromatic carbocycles. The second-order valence-corrected chi connectivity index (χ2v) is 8.21. The Hall–Kier alpha value is -3.33. The maximum Gasteiger partial charge on any atom is 0.280 e. The van der Waals surface area contributed by atoms with Gasteiger partial charge in [-0.25, -0.2) is 9.97 Å². The van der Waals surface area contributed by atoms with Crippen molar-refractivity contribution >= 4 is 28.3 Å². The van der Waals surface area contributed by atoms with Crippen molar-refractivity contribution < 1.29 is 4.52 Å². The maximum atomic E-state index is 12.7. The van der Waals surface area contributed by atoms with Gasteiger partial charge in [-0.1, -0.05) is 22.8 Å². The zero-order valence-corrected chi connectivity index (χ0v) is 16.7. The summed E-state index contributed by atoms with van der Waals surface area (Å²) in [6.45, 7) is 0.178. The van der Waals surface area contributed by atoms with E-state index in [0.717, 1.165) is 12.1 Å². The Morgan fingerprint density at radius 1 is 1.23 bits per heavy atom. The Morgan fingerprint density at radius 2 is 2.10 bits per heavy atom. The minimum atomic E-state index is -0.189. The van der Waals surface area contributed by atoms with Gasteiger partial charge < -0.3 is 9.09 Å². The normalized spacial score (nSPS) is 22.3. The Morgan fingerprint density at radius 3 is 2.87 bits per heavy atom. The number of nitrogens with zero attached hydrogens (tertiary/aromatic N) is 7. The molecular formula is C20H16ClN7O2. The molecule has 2 aliphatic carbocycles. The molecule has 0 aliphatic heterocycles. The highest BCUT2D eigenvalue weighted by molar-refractivity contribution is 6.30. The molecule has 0 saturated heterocycles. The molecule has 0 N–H and O–H groups in total. The monoisotopic (exact) mass is 421 g/mol. The first-order valence-corrected chi connectivity index (χ1v) is 9.98. The van der Waals surface area contributed by atoms with Crippen LogP contribution >= 0.6 is 11.6 Å². The average molecular weight is 422 g/mol. The van der Waals surface area contributed by atoms with E-state index in [9.17, 15) is 4.79 Å². The van der Waals surface area contributed by atoms with Crippen molar-refractivity contribution in [3.63, 3.8) is 0 Å². The number of aromatic nitrogens is 7. The van der Waals surface area contributed by atoms with Gasteiger partial charge in [-0.05, 0) is 36.0 Å². The highest BCUT2D eigenvalue weighted by Gasteiger charge is 2.55. The molecular weight excluding hydrogens is 406 g/mol. The van der Waals surface area contributed by atoms with Crippen LogP contribution in [0.25, 0.3) is 16.7 Å². The van der Waals surface area contributed by atoms with E-state index >= 15 is 0 Å². The molecule has 6 rings (SSSR count). The molecule has 0 unspecified atom stereocenters. The summed E-state index contributed by atoms with van der Waals surface area (Å²) in [5.41, 5.74) is 2.89. The summed E-state index contributed by atoms with van der Waals surface area (Å²) in [6.07, 6.45) is 7.90. The second-order valence-electron chi connectivity index (χ2n) is 7.78. The van der Waals surface area contributed by atoms with Crippen molar-refractivity contribution in [1.29, 1.82) is 0 Å². The molecule has 3 atom stereocenters. The smallest absolute Gasteiger partial charge is 0.280 e. The molecule has 0 amide bonds. The maximum absolute atomic E-state index is 12.7. The topological polar surface area (TPSA) is 105 Å². The van der Waals surface area contributed by atoms with E-state index in [1.54, 1.807) is 24.1 Å². The lowest BCUT2D eigenvalue weighted by molar-refractivity contribution is 0.364. The molecule has 1 fully saturated rings. The zero-order chi connectivity index (χ0) is 20.4. The standard InChI is InChI=1S/C20H16ClN7O2/c1-27-8-23-19-17(27)20(29)28(9-24-19)7-15-25-18(26-30-15)16-12-4-10(5-13(12)16)14-3-2-11(21)6-22-14/h2-4,6,8-9,12-13,16H,5,7H2,1H3/t12-,13+,16+/m0/s1. The van der Waals surface area contributed by atoms with Crippen LogP contribution in [0.2, 0.25) is 5.02 Å². The summed E-state index contributed by atoms with van der Waals surface area (Å²) < 4.78 is 8.54. The van der Waals surface area contributed by atoms with Gasteiger partial charge in [0.2, 0.25) is 5.89 Å². The second kappa shape index (κ2) is 6.33. The number of halogens is 1. The molecule has 0 radical (unpaired) electrons. The van der Waals surface area contributed by atoms with Gasteiger partial charge in [0.25, 0.3) is 5.56 Å². The van der Waals surface area contributed by atoms with Gasteiger partial charge in [-0.3, -0.25) is 14.3 Å². The van der Waals surface area contributed by atoms with Gasteiger partial charge in [-0.15, -0.1) is 0 Å². The molecule has 4 aromatic rings. The van der Waals surface area contributed by atoms with E-state index < -0.39 is 0 Å². The van der Waals surface area contributed by atoms with Crippen LogP contribution in [0.5, 0.6) is 0 Å². The summed E-state index contributed by atoms with van der Waals surface area (Å²) in [6, 6.07) is 3.81. The SMILES string of the molecule is Cn1cnc2ncn(Cc3nc([C@@H]4[C@H]5C=C(c6ccc(Cl)cn6)C[C@H]54)no3)c(=O)c21. The van der Waals surface area contributed by atoms with Crippen LogP contribution < -0.4 is 5.56 Å². The summed E-state index contributed by atoms with van der Waals surface area (Å²) in [5, 5.41) is 4.80. The predicted molar refractivity (Wildman–Crippen MR) is 108 cm³/mol. The van der Waals surface area contributed by atoms with E-state index in [2.05, 4.69) is 31.2 Å². The third-order valence-electron chi connectivity index (χ3n) is 5.92. The van der Waals surface area contributed by atoms with Crippen LogP contribution in [-0.2, 0) is 13.6 Å². The molecule has 2 aliphatic rings. The predicted octanol–water partition coefficient (Wildman–Crippen LogP) is 2.43. The number of fused-ring (bicyclic) bond motifs is 2. The van der Waals surface area contributed by atoms with Crippen molar-refractivity contribution in [2.24, 2.45) is 18.9 Å². The minimum Gasteiger partial charge on any atom is -0.337 e. The van der Waals surface area contributed by atoms with Crippen molar-refractivity contribution in [3.05, 3.63) is 69.8 Å². The Kier molecular flexibility index (Phi) is 3.70. The third-order valence-corrected chi connectivity index (χ3v) is 6.15. The third kappa shape index (κ3) is 2.69. The average Bonchev–Trinajstić information content (AvgIpc) is 3.16. The van der Waals surface area contributed by atoms with Gasteiger partial charge in [-0.2, -0.15) is 4.98 Å². The molecule has 1 saturated carbocycles. The van der Waals surface area contributed by atoms with Crippen molar-refractivity contribution in [2.75, 3.05) is 0 Å². The van der Waals surface area contributed by atoms with Crippen molar-refractivity contribution in [1.82, 2.24) is 34.2 Å². The Balaban J connectivity index is 1.20. The largest absolute Gasteiger partial charge is 0.337 e.